The zero-order valence-electron chi connectivity index (χ0n) is 12.2. The molecule has 6 heteroatoms. The maximum atomic E-state index is 13.0. The van der Waals surface area contributed by atoms with Gasteiger partial charge in [-0.05, 0) is 24.6 Å². The Morgan fingerprint density at radius 3 is 2.62 bits per heavy atom. The first-order valence-corrected chi connectivity index (χ1v) is 6.69. The van der Waals surface area contributed by atoms with Gasteiger partial charge in [-0.3, -0.25) is 4.68 Å². The molecule has 0 unspecified atom stereocenters. The molecule has 3 aromatic rings. The van der Waals surface area contributed by atoms with E-state index in [1.165, 1.54) is 18.5 Å². The van der Waals surface area contributed by atoms with Gasteiger partial charge in [0.1, 0.15) is 18.0 Å². The van der Waals surface area contributed by atoms with Crippen molar-refractivity contribution in [2.45, 2.75) is 13.0 Å². The van der Waals surface area contributed by atoms with Gasteiger partial charge in [0.25, 0.3) is 0 Å². The molecule has 0 aliphatic carbocycles. The molecule has 0 spiro atoms. The molecule has 0 fully saturated rings. The van der Waals surface area contributed by atoms with E-state index in [-0.39, 0.29) is 11.9 Å². The topological polar surface area (TPSA) is 46.8 Å². The van der Waals surface area contributed by atoms with Crippen molar-refractivity contribution >= 4 is 16.9 Å². The maximum Gasteiger partial charge on any atom is 0.163 e. The van der Waals surface area contributed by atoms with Crippen molar-refractivity contribution in [2.75, 3.05) is 11.9 Å². The van der Waals surface area contributed by atoms with Gasteiger partial charge in [0, 0.05) is 14.1 Å². The van der Waals surface area contributed by atoms with E-state index >= 15 is 0 Å². The molecule has 2 heterocycles. The smallest absolute Gasteiger partial charge is 0.163 e. The summed E-state index contributed by atoms with van der Waals surface area (Å²) in [5.74, 6) is 0.579. The first-order chi connectivity index (χ1) is 10.1. The summed E-state index contributed by atoms with van der Waals surface area (Å²) < 4.78 is 14.8. The number of hydrogen-bond donors (Lipinski definition) is 0. The average Bonchev–Trinajstić information content (AvgIpc) is 2.88. The van der Waals surface area contributed by atoms with Crippen LogP contribution in [0.25, 0.3) is 11.0 Å². The predicted molar refractivity (Wildman–Crippen MR) is 79.5 cm³/mol. The van der Waals surface area contributed by atoms with Crippen LogP contribution in [0.4, 0.5) is 10.2 Å². The highest BCUT2D eigenvalue weighted by Crippen LogP contribution is 2.28. The highest BCUT2D eigenvalue weighted by Gasteiger charge is 2.17. The maximum absolute atomic E-state index is 13.0. The summed E-state index contributed by atoms with van der Waals surface area (Å²) in [6.45, 7) is 2.05. The van der Waals surface area contributed by atoms with Crippen LogP contribution >= 0.6 is 0 Å². The van der Waals surface area contributed by atoms with Crippen LogP contribution in [0, 0.1) is 5.82 Å². The highest BCUT2D eigenvalue weighted by atomic mass is 19.1. The molecular formula is C15H16FN5. The first kappa shape index (κ1) is 13.5. The lowest BCUT2D eigenvalue weighted by atomic mass is 10.1. The Bertz CT molecular complexity index is 765. The predicted octanol–water partition coefficient (Wildman–Crippen LogP) is 2.70. The van der Waals surface area contributed by atoms with Crippen LogP contribution in [0.15, 0.2) is 36.8 Å². The van der Waals surface area contributed by atoms with Gasteiger partial charge in [0.05, 0.1) is 17.6 Å². The minimum Gasteiger partial charge on any atom is -0.352 e. The minimum absolute atomic E-state index is 0.0592. The number of anilines is 1. The number of halogens is 1. The number of aromatic nitrogens is 4. The quantitative estimate of drug-likeness (QED) is 0.742. The normalized spacial score (nSPS) is 12.6. The summed E-state index contributed by atoms with van der Waals surface area (Å²) >= 11 is 0. The van der Waals surface area contributed by atoms with Gasteiger partial charge in [0.2, 0.25) is 0 Å². The van der Waals surface area contributed by atoms with Crippen molar-refractivity contribution in [3.63, 3.8) is 0 Å². The summed E-state index contributed by atoms with van der Waals surface area (Å²) in [5, 5.41) is 5.12. The number of benzene rings is 1. The second kappa shape index (κ2) is 5.12. The lowest BCUT2D eigenvalue weighted by Crippen LogP contribution is -2.23. The van der Waals surface area contributed by atoms with E-state index in [0.717, 1.165) is 22.4 Å². The van der Waals surface area contributed by atoms with Gasteiger partial charge >= 0.3 is 0 Å². The van der Waals surface area contributed by atoms with Crippen molar-refractivity contribution in [1.29, 1.82) is 0 Å². The lowest BCUT2D eigenvalue weighted by Gasteiger charge is -2.26. The van der Waals surface area contributed by atoms with Gasteiger partial charge < -0.3 is 4.90 Å². The first-order valence-electron chi connectivity index (χ1n) is 6.69. The van der Waals surface area contributed by atoms with Crippen LogP contribution in [0.3, 0.4) is 0 Å². The van der Waals surface area contributed by atoms with Crippen molar-refractivity contribution < 1.29 is 4.39 Å². The molecule has 2 aromatic heterocycles. The summed E-state index contributed by atoms with van der Waals surface area (Å²) in [4.78, 5) is 10.7. The van der Waals surface area contributed by atoms with Crippen LogP contribution in [0.5, 0.6) is 0 Å². The Hall–Kier alpha value is -2.50. The Morgan fingerprint density at radius 2 is 1.90 bits per heavy atom. The van der Waals surface area contributed by atoms with E-state index in [4.69, 9.17) is 0 Å². The second-order valence-corrected chi connectivity index (χ2v) is 5.04. The molecule has 0 bridgehead atoms. The van der Waals surface area contributed by atoms with E-state index in [1.807, 2.05) is 19.0 Å². The molecule has 0 amide bonds. The van der Waals surface area contributed by atoms with Gasteiger partial charge in [-0.25, -0.2) is 14.4 Å². The third kappa shape index (κ3) is 2.33. The SMILES string of the molecule is C[C@H](c1ccc(F)cc1)N(C)c1ncnc2c1cnn2C. The Balaban J connectivity index is 2.00. The van der Waals surface area contributed by atoms with Crippen LogP contribution in [-0.2, 0) is 7.05 Å². The Kier molecular flexibility index (Phi) is 3.29. The standard InChI is InChI=1S/C15H16FN5/c1-10(11-4-6-12(16)7-5-11)20(2)14-13-8-19-21(3)15(13)18-9-17-14/h4-10H,1-3H3/t10-/m1/s1. The number of rotatable bonds is 3. The van der Waals surface area contributed by atoms with E-state index in [9.17, 15) is 4.39 Å². The van der Waals surface area contributed by atoms with E-state index < -0.39 is 0 Å². The van der Waals surface area contributed by atoms with Crippen LogP contribution < -0.4 is 4.90 Å². The molecule has 0 saturated carbocycles. The van der Waals surface area contributed by atoms with Gasteiger partial charge in [-0.15, -0.1) is 0 Å². The van der Waals surface area contributed by atoms with Crippen molar-refractivity contribution in [2.24, 2.45) is 7.05 Å². The van der Waals surface area contributed by atoms with Crippen LogP contribution in [-0.4, -0.2) is 26.8 Å². The highest BCUT2D eigenvalue weighted by molar-refractivity contribution is 5.86. The molecular weight excluding hydrogens is 269 g/mol. The van der Waals surface area contributed by atoms with Crippen LogP contribution in [0.1, 0.15) is 18.5 Å². The molecule has 5 nitrogen and oxygen atoms in total. The van der Waals surface area contributed by atoms with Gasteiger partial charge in [-0.2, -0.15) is 5.10 Å². The summed E-state index contributed by atoms with van der Waals surface area (Å²) in [6.07, 6.45) is 3.30. The number of hydrogen-bond acceptors (Lipinski definition) is 4. The number of nitrogens with zero attached hydrogens (tertiary/aromatic N) is 5. The third-order valence-electron chi connectivity index (χ3n) is 3.78. The van der Waals surface area contributed by atoms with Crippen molar-refractivity contribution in [1.82, 2.24) is 19.7 Å². The summed E-state index contributed by atoms with van der Waals surface area (Å²) in [7, 11) is 3.81. The zero-order valence-corrected chi connectivity index (χ0v) is 12.2. The lowest BCUT2D eigenvalue weighted by molar-refractivity contribution is 0.625. The molecule has 1 aromatic carbocycles. The summed E-state index contributed by atoms with van der Waals surface area (Å²) in [6, 6.07) is 6.58. The van der Waals surface area contributed by atoms with Gasteiger partial charge in [0.15, 0.2) is 5.65 Å². The number of aryl methyl sites for hydroxylation is 1. The monoisotopic (exact) mass is 285 g/mol. The van der Waals surface area contributed by atoms with E-state index in [1.54, 1.807) is 23.0 Å². The fourth-order valence-electron chi connectivity index (χ4n) is 2.38. The van der Waals surface area contributed by atoms with Gasteiger partial charge in [-0.1, -0.05) is 12.1 Å². The zero-order chi connectivity index (χ0) is 15.0. The van der Waals surface area contributed by atoms with Crippen LogP contribution in [0.2, 0.25) is 0 Å². The van der Waals surface area contributed by atoms with E-state index in [0.29, 0.717) is 0 Å². The Labute approximate surface area is 122 Å². The molecule has 21 heavy (non-hydrogen) atoms. The molecule has 0 radical (unpaired) electrons. The number of fused-ring (bicyclic) bond motifs is 1. The minimum atomic E-state index is -0.231. The van der Waals surface area contributed by atoms with E-state index in [2.05, 4.69) is 22.0 Å². The molecule has 0 saturated heterocycles. The average molecular weight is 285 g/mol. The Morgan fingerprint density at radius 1 is 1.19 bits per heavy atom. The second-order valence-electron chi connectivity index (χ2n) is 5.04. The summed E-state index contributed by atoms with van der Waals surface area (Å²) in [5.41, 5.74) is 1.81. The fourth-order valence-corrected chi connectivity index (χ4v) is 2.38. The molecule has 1 atom stereocenters. The van der Waals surface area contributed by atoms with Crippen molar-refractivity contribution in [3.05, 3.63) is 48.2 Å². The molecule has 3 rings (SSSR count). The molecule has 0 aliphatic rings. The molecule has 0 aliphatic heterocycles. The van der Waals surface area contributed by atoms with Crippen molar-refractivity contribution in [3.8, 4) is 0 Å². The largest absolute Gasteiger partial charge is 0.352 e. The third-order valence-corrected chi connectivity index (χ3v) is 3.78. The molecule has 108 valence electrons. The molecule has 0 N–H and O–H groups in total. The fraction of sp³-hybridized carbons (Fsp3) is 0.267.